The van der Waals surface area contributed by atoms with E-state index in [9.17, 15) is 19.5 Å². The summed E-state index contributed by atoms with van der Waals surface area (Å²) in [6.07, 6.45) is 0.167. The van der Waals surface area contributed by atoms with Gasteiger partial charge in [0, 0.05) is 50.3 Å². The second kappa shape index (κ2) is 9.87. The van der Waals surface area contributed by atoms with Crippen molar-refractivity contribution >= 4 is 29.4 Å². The number of urea groups is 1. The van der Waals surface area contributed by atoms with Gasteiger partial charge in [-0.15, -0.1) is 10.2 Å². The van der Waals surface area contributed by atoms with Crippen molar-refractivity contribution in [1.29, 1.82) is 0 Å². The van der Waals surface area contributed by atoms with Crippen LogP contribution in [0.5, 0.6) is 5.75 Å². The first-order valence-electron chi connectivity index (χ1n) is 12.8. The van der Waals surface area contributed by atoms with Crippen LogP contribution in [0.1, 0.15) is 27.9 Å². The number of rotatable bonds is 5. The van der Waals surface area contributed by atoms with E-state index in [1.165, 1.54) is 10.0 Å². The van der Waals surface area contributed by atoms with Crippen molar-refractivity contribution in [2.75, 3.05) is 43.4 Å². The predicted octanol–water partition coefficient (Wildman–Crippen LogP) is 1.57. The summed E-state index contributed by atoms with van der Waals surface area (Å²) in [6, 6.07) is 14.1. The fourth-order valence-corrected chi connectivity index (χ4v) is 5.31. The molecule has 3 aliphatic heterocycles. The van der Waals surface area contributed by atoms with Gasteiger partial charge in [0.05, 0.1) is 24.5 Å². The number of hydrazine groups is 1. The van der Waals surface area contributed by atoms with Gasteiger partial charge in [0.15, 0.2) is 5.82 Å². The quantitative estimate of drug-likeness (QED) is 0.449. The van der Waals surface area contributed by atoms with Crippen LogP contribution >= 0.6 is 0 Å². The first-order chi connectivity index (χ1) is 18.9. The Balaban J connectivity index is 1.10. The molecule has 2 saturated heterocycles. The minimum absolute atomic E-state index is 0.140. The zero-order valence-electron chi connectivity index (χ0n) is 21.2. The van der Waals surface area contributed by atoms with Gasteiger partial charge in [0.2, 0.25) is 5.91 Å². The molecule has 4 N–H and O–H groups in total. The van der Waals surface area contributed by atoms with Gasteiger partial charge in [-0.2, -0.15) is 0 Å². The number of nitrogens with one attached hydrogen (secondary N) is 1. The monoisotopic (exact) mass is 528 g/mol. The van der Waals surface area contributed by atoms with Crippen LogP contribution in [0.3, 0.4) is 0 Å². The van der Waals surface area contributed by atoms with Crippen molar-refractivity contribution in [2.24, 2.45) is 0 Å². The number of fused-ring (bicyclic) bond motifs is 1. The molecule has 1 aromatic heterocycles. The van der Waals surface area contributed by atoms with E-state index in [-0.39, 0.29) is 30.5 Å². The number of nitrogens with two attached hydrogens (primary N) is 1. The number of phenolic OH excluding ortho intramolecular Hbond substituents is 1. The number of imide groups is 1. The number of para-hydroxylation sites is 1. The highest BCUT2D eigenvalue weighted by Gasteiger charge is 2.37. The van der Waals surface area contributed by atoms with Crippen molar-refractivity contribution in [3.63, 3.8) is 0 Å². The van der Waals surface area contributed by atoms with Gasteiger partial charge >= 0.3 is 6.03 Å². The van der Waals surface area contributed by atoms with Gasteiger partial charge in [0.1, 0.15) is 5.75 Å². The van der Waals surface area contributed by atoms with Crippen LogP contribution < -0.4 is 16.0 Å². The maximum atomic E-state index is 12.9. The van der Waals surface area contributed by atoms with Crippen LogP contribution in [0.15, 0.2) is 48.5 Å². The summed E-state index contributed by atoms with van der Waals surface area (Å²) in [5, 5.41) is 23.5. The Labute approximate surface area is 224 Å². The number of aromatic nitrogens is 2. The lowest BCUT2D eigenvalue weighted by Crippen LogP contribution is -2.56. The molecule has 0 saturated carbocycles. The molecule has 3 aliphatic rings. The molecule has 2 fully saturated rings. The van der Waals surface area contributed by atoms with Crippen LogP contribution in [0.4, 0.5) is 16.3 Å². The predicted molar refractivity (Wildman–Crippen MR) is 142 cm³/mol. The van der Waals surface area contributed by atoms with Crippen LogP contribution in [0.25, 0.3) is 11.3 Å². The minimum Gasteiger partial charge on any atom is -0.507 e. The Kier molecular flexibility index (Phi) is 6.23. The minimum atomic E-state index is -0.566. The molecule has 4 amide bonds. The molecule has 2 aromatic carbocycles. The average molecular weight is 529 g/mol. The molecule has 12 heteroatoms. The molecule has 3 aromatic rings. The average Bonchev–Trinajstić information content (AvgIpc) is 3.25. The van der Waals surface area contributed by atoms with E-state index < -0.39 is 6.03 Å². The summed E-state index contributed by atoms with van der Waals surface area (Å²) in [6.45, 7) is 4.31. The highest BCUT2D eigenvalue weighted by molar-refractivity contribution is 6.01. The normalized spacial score (nSPS) is 17.9. The fraction of sp³-hybridized carbons (Fsp3) is 0.296. The number of phenols is 1. The number of anilines is 2. The molecule has 0 aliphatic carbocycles. The molecule has 0 spiro atoms. The molecule has 200 valence electrons. The lowest BCUT2D eigenvalue weighted by Gasteiger charge is -2.36. The number of hydrogen-bond acceptors (Lipinski definition) is 9. The highest BCUT2D eigenvalue weighted by Crippen LogP contribution is 2.32. The number of nitrogen functional groups attached to an aromatic ring is 1. The van der Waals surface area contributed by atoms with Gasteiger partial charge in [0.25, 0.3) is 5.91 Å². The Morgan fingerprint density at radius 1 is 0.897 bits per heavy atom. The van der Waals surface area contributed by atoms with E-state index in [0.29, 0.717) is 29.2 Å². The van der Waals surface area contributed by atoms with Gasteiger partial charge in [-0.3, -0.25) is 19.8 Å². The van der Waals surface area contributed by atoms with Gasteiger partial charge in [-0.05, 0) is 35.4 Å². The second-order valence-electron chi connectivity index (χ2n) is 9.86. The van der Waals surface area contributed by atoms with E-state index >= 15 is 0 Å². The maximum Gasteiger partial charge on any atom is 0.342 e. The Hall–Kier alpha value is -4.71. The SMILES string of the molecule is Nc1nnc(-c2ccccc2O)cc1N1CCN(Cc2ccc3c(c2)CN(N2CCC(=O)NC2=O)C3=O)CC1. The molecule has 39 heavy (non-hydrogen) atoms. The fourth-order valence-electron chi connectivity index (χ4n) is 5.31. The zero-order chi connectivity index (χ0) is 27.1. The van der Waals surface area contributed by atoms with Crippen molar-refractivity contribution in [3.8, 4) is 17.0 Å². The summed E-state index contributed by atoms with van der Waals surface area (Å²) >= 11 is 0. The number of carbonyl (C=O) groups excluding carboxylic acids is 3. The molecule has 6 rings (SSSR count). The van der Waals surface area contributed by atoms with Crippen LogP contribution in [0, 0.1) is 0 Å². The number of piperazine rings is 1. The Morgan fingerprint density at radius 2 is 1.69 bits per heavy atom. The lowest BCUT2D eigenvalue weighted by atomic mass is 10.1. The van der Waals surface area contributed by atoms with Crippen LogP contribution in [-0.4, -0.2) is 80.8 Å². The molecule has 0 bridgehead atoms. The van der Waals surface area contributed by atoms with E-state index in [1.807, 2.05) is 30.3 Å². The van der Waals surface area contributed by atoms with Crippen LogP contribution in [0.2, 0.25) is 0 Å². The van der Waals surface area contributed by atoms with Gasteiger partial charge in [-0.25, -0.2) is 14.8 Å². The first-order valence-corrected chi connectivity index (χ1v) is 12.8. The van der Waals surface area contributed by atoms with Crippen molar-refractivity contribution in [1.82, 2.24) is 30.4 Å². The molecule has 12 nitrogen and oxygen atoms in total. The number of nitrogens with zero attached hydrogens (tertiary/aromatic N) is 6. The summed E-state index contributed by atoms with van der Waals surface area (Å²) in [5.41, 5.74) is 10.7. The molecular formula is C27H28N8O4. The topological polar surface area (TPSA) is 148 Å². The number of hydrogen-bond donors (Lipinski definition) is 3. The summed E-state index contributed by atoms with van der Waals surface area (Å²) in [5.74, 6) is -0.0777. The molecule has 0 radical (unpaired) electrons. The van der Waals surface area contributed by atoms with Crippen molar-refractivity contribution in [3.05, 3.63) is 65.2 Å². The van der Waals surface area contributed by atoms with E-state index in [4.69, 9.17) is 5.73 Å². The van der Waals surface area contributed by atoms with Crippen molar-refractivity contribution < 1.29 is 19.5 Å². The molecule has 4 heterocycles. The number of benzene rings is 2. The highest BCUT2D eigenvalue weighted by atomic mass is 16.3. The first kappa shape index (κ1) is 24.6. The smallest absolute Gasteiger partial charge is 0.342 e. The van der Waals surface area contributed by atoms with E-state index in [2.05, 4.69) is 25.3 Å². The van der Waals surface area contributed by atoms with E-state index in [1.54, 1.807) is 18.2 Å². The van der Waals surface area contributed by atoms with Gasteiger partial charge < -0.3 is 15.7 Å². The summed E-state index contributed by atoms with van der Waals surface area (Å²) < 4.78 is 0. The van der Waals surface area contributed by atoms with E-state index in [0.717, 1.165) is 49.5 Å². The number of carbonyl (C=O) groups is 3. The lowest BCUT2D eigenvalue weighted by molar-refractivity contribution is -0.123. The maximum absolute atomic E-state index is 12.9. The Bertz CT molecular complexity index is 1470. The van der Waals surface area contributed by atoms with Crippen molar-refractivity contribution in [2.45, 2.75) is 19.5 Å². The second-order valence-corrected chi connectivity index (χ2v) is 9.86. The largest absolute Gasteiger partial charge is 0.507 e. The Morgan fingerprint density at radius 3 is 2.46 bits per heavy atom. The number of aromatic hydroxyl groups is 1. The third-order valence-corrected chi connectivity index (χ3v) is 7.38. The molecular weight excluding hydrogens is 500 g/mol. The molecule has 0 unspecified atom stereocenters. The zero-order valence-corrected chi connectivity index (χ0v) is 21.2. The third-order valence-electron chi connectivity index (χ3n) is 7.38. The van der Waals surface area contributed by atoms with Gasteiger partial charge in [-0.1, -0.05) is 24.3 Å². The van der Waals surface area contributed by atoms with Crippen LogP contribution in [-0.2, 0) is 17.9 Å². The number of amides is 4. The standard InChI is InChI=1S/C27H28N8O4/c28-25-22(14-21(30-31-25)20-3-1-2-4-23(20)36)33-11-9-32(10-12-33)15-17-5-6-19-18(13-17)16-35(26(19)38)34-8-7-24(37)29-27(34)39/h1-6,13-14,36H,7-12,15-16H2,(H2,28,31)(H,29,37,39). The molecule has 0 atom stereocenters. The summed E-state index contributed by atoms with van der Waals surface area (Å²) in [4.78, 5) is 41.2. The third kappa shape index (κ3) is 4.70. The summed E-state index contributed by atoms with van der Waals surface area (Å²) in [7, 11) is 0.